The molecule has 0 saturated carbocycles. The van der Waals surface area contributed by atoms with Gasteiger partial charge in [0.2, 0.25) is 0 Å². The lowest BCUT2D eigenvalue weighted by atomic mass is 10.6. The Kier molecular flexibility index (Phi) is 2.74. The number of rotatable bonds is 3. The number of thioether (sulfide) groups is 1. The van der Waals surface area contributed by atoms with E-state index < -0.39 is 0 Å². The normalized spacial score (nSPS) is 10.6. The summed E-state index contributed by atoms with van der Waals surface area (Å²) in [7, 11) is 0. The molecule has 0 aromatic carbocycles. The van der Waals surface area contributed by atoms with Crippen molar-refractivity contribution in [2.45, 2.75) is 17.9 Å². The summed E-state index contributed by atoms with van der Waals surface area (Å²) in [6.07, 6.45) is 3.42. The highest BCUT2D eigenvalue weighted by molar-refractivity contribution is 7.98. The summed E-state index contributed by atoms with van der Waals surface area (Å²) >= 11 is 3.03. The van der Waals surface area contributed by atoms with Crippen LogP contribution in [0.1, 0.15) is 10.6 Å². The summed E-state index contributed by atoms with van der Waals surface area (Å²) in [4.78, 5) is 9.28. The third-order valence-corrected chi connectivity index (χ3v) is 3.41. The van der Waals surface area contributed by atoms with Gasteiger partial charge in [0, 0.05) is 16.8 Å². The first-order chi connectivity index (χ1) is 6.74. The van der Waals surface area contributed by atoms with Crippen molar-refractivity contribution >= 4 is 28.2 Å². The van der Waals surface area contributed by atoms with E-state index >= 15 is 0 Å². The van der Waals surface area contributed by atoms with Gasteiger partial charge in [-0.1, -0.05) is 11.8 Å². The molecule has 0 aliphatic rings. The van der Waals surface area contributed by atoms with Gasteiger partial charge in [-0.05, 0) is 6.92 Å². The monoisotopic (exact) mass is 227 g/mol. The van der Waals surface area contributed by atoms with Gasteiger partial charge < -0.3 is 10.2 Å². The number of hydrogen-bond acceptors (Lipinski definition) is 6. The number of oxazole rings is 1. The minimum absolute atomic E-state index is 0.601. The fourth-order valence-corrected chi connectivity index (χ4v) is 2.48. The Hall–Kier alpha value is -1.01. The SMILES string of the molecule is Cc1coc(SCc2cnc(N)s2)n1. The maximum absolute atomic E-state index is 5.51. The lowest BCUT2D eigenvalue weighted by Gasteiger charge is -1.90. The van der Waals surface area contributed by atoms with Crippen LogP contribution >= 0.6 is 23.1 Å². The Bertz CT molecular complexity index is 383. The van der Waals surface area contributed by atoms with Gasteiger partial charge in [0.1, 0.15) is 6.26 Å². The lowest BCUT2D eigenvalue weighted by molar-refractivity contribution is 0.454. The smallest absolute Gasteiger partial charge is 0.256 e. The fourth-order valence-electron chi connectivity index (χ4n) is 0.921. The zero-order valence-electron chi connectivity index (χ0n) is 7.56. The van der Waals surface area contributed by atoms with Crippen molar-refractivity contribution in [3.05, 3.63) is 23.0 Å². The van der Waals surface area contributed by atoms with Crippen LogP contribution in [0.3, 0.4) is 0 Å². The van der Waals surface area contributed by atoms with Crippen LogP contribution in [0.25, 0.3) is 0 Å². The second kappa shape index (κ2) is 4.02. The number of thiazole rings is 1. The molecule has 4 nitrogen and oxygen atoms in total. The van der Waals surface area contributed by atoms with Gasteiger partial charge in [0.05, 0.1) is 5.69 Å². The van der Waals surface area contributed by atoms with Crippen LogP contribution in [0.15, 0.2) is 22.1 Å². The molecule has 0 amide bonds. The molecule has 2 N–H and O–H groups in total. The van der Waals surface area contributed by atoms with E-state index in [2.05, 4.69) is 9.97 Å². The molecular weight excluding hydrogens is 218 g/mol. The van der Waals surface area contributed by atoms with Gasteiger partial charge in [-0.3, -0.25) is 0 Å². The van der Waals surface area contributed by atoms with E-state index in [-0.39, 0.29) is 0 Å². The summed E-state index contributed by atoms with van der Waals surface area (Å²) in [6.45, 7) is 1.90. The predicted molar refractivity (Wildman–Crippen MR) is 57.3 cm³/mol. The minimum atomic E-state index is 0.601. The highest BCUT2D eigenvalue weighted by atomic mass is 32.2. The van der Waals surface area contributed by atoms with E-state index in [0.717, 1.165) is 16.3 Å². The van der Waals surface area contributed by atoms with Gasteiger partial charge in [-0.15, -0.1) is 11.3 Å². The summed E-state index contributed by atoms with van der Waals surface area (Å²) in [5.41, 5.74) is 6.41. The van der Waals surface area contributed by atoms with Crippen molar-refractivity contribution in [3.8, 4) is 0 Å². The Morgan fingerprint density at radius 3 is 3.07 bits per heavy atom. The molecule has 6 heteroatoms. The van der Waals surface area contributed by atoms with Crippen molar-refractivity contribution in [1.82, 2.24) is 9.97 Å². The molecule has 0 radical (unpaired) electrons. The fraction of sp³-hybridized carbons (Fsp3) is 0.250. The molecule has 2 aromatic heterocycles. The molecule has 0 spiro atoms. The van der Waals surface area contributed by atoms with Gasteiger partial charge in [-0.2, -0.15) is 0 Å². The molecule has 2 heterocycles. The molecule has 2 aromatic rings. The molecule has 2 rings (SSSR count). The van der Waals surface area contributed by atoms with Crippen LogP contribution in [-0.2, 0) is 5.75 Å². The second-order valence-electron chi connectivity index (χ2n) is 2.71. The zero-order chi connectivity index (χ0) is 9.97. The molecule has 74 valence electrons. The first-order valence-electron chi connectivity index (χ1n) is 3.99. The zero-order valence-corrected chi connectivity index (χ0v) is 9.19. The predicted octanol–water partition coefficient (Wildman–Crippen LogP) is 2.31. The summed E-state index contributed by atoms with van der Waals surface area (Å²) in [5.74, 6) is 0.800. The molecule has 0 bridgehead atoms. The van der Waals surface area contributed by atoms with Gasteiger partial charge in [0.15, 0.2) is 5.13 Å². The van der Waals surface area contributed by atoms with Gasteiger partial charge >= 0.3 is 0 Å². The molecule has 14 heavy (non-hydrogen) atoms. The Morgan fingerprint density at radius 2 is 2.50 bits per heavy atom. The Morgan fingerprint density at radius 1 is 1.64 bits per heavy atom. The largest absolute Gasteiger partial charge is 0.440 e. The number of aromatic nitrogens is 2. The number of nitrogens with two attached hydrogens (primary N) is 1. The topological polar surface area (TPSA) is 64.9 Å². The third kappa shape index (κ3) is 2.27. The van der Waals surface area contributed by atoms with Crippen LogP contribution in [0.5, 0.6) is 0 Å². The first kappa shape index (κ1) is 9.54. The second-order valence-corrected chi connectivity index (χ2v) is 4.78. The summed E-state index contributed by atoms with van der Waals surface area (Å²) in [5, 5.41) is 1.29. The highest BCUT2D eigenvalue weighted by Gasteiger charge is 2.04. The van der Waals surface area contributed by atoms with Gasteiger partial charge in [0.25, 0.3) is 5.22 Å². The van der Waals surface area contributed by atoms with Crippen molar-refractivity contribution in [2.75, 3.05) is 5.73 Å². The molecule has 0 unspecified atom stereocenters. The molecule has 0 saturated heterocycles. The minimum Gasteiger partial charge on any atom is -0.440 e. The van der Waals surface area contributed by atoms with Crippen LogP contribution in [0.4, 0.5) is 5.13 Å². The highest BCUT2D eigenvalue weighted by Crippen LogP contribution is 2.25. The summed E-state index contributed by atoms with van der Waals surface area (Å²) in [6, 6.07) is 0. The van der Waals surface area contributed by atoms with E-state index in [1.807, 2.05) is 6.92 Å². The molecular formula is C8H9N3OS2. The quantitative estimate of drug-likeness (QED) is 0.815. The number of anilines is 1. The van der Waals surface area contributed by atoms with E-state index in [4.69, 9.17) is 10.2 Å². The van der Waals surface area contributed by atoms with E-state index in [9.17, 15) is 0 Å². The van der Waals surface area contributed by atoms with Crippen LogP contribution in [0.2, 0.25) is 0 Å². The Labute approximate surface area is 89.6 Å². The molecule has 0 aliphatic carbocycles. The van der Waals surface area contributed by atoms with E-state index in [1.54, 1.807) is 24.2 Å². The number of nitrogens with zero attached hydrogens (tertiary/aromatic N) is 2. The molecule has 0 atom stereocenters. The van der Waals surface area contributed by atoms with Crippen LogP contribution < -0.4 is 5.73 Å². The lowest BCUT2D eigenvalue weighted by Crippen LogP contribution is -1.77. The van der Waals surface area contributed by atoms with Crippen molar-refractivity contribution in [3.63, 3.8) is 0 Å². The average Bonchev–Trinajstić information content (AvgIpc) is 2.72. The van der Waals surface area contributed by atoms with Crippen molar-refractivity contribution < 1.29 is 4.42 Å². The standard InChI is InChI=1S/C8H9N3OS2/c1-5-3-12-8(11-5)13-4-6-2-10-7(9)14-6/h2-3H,4H2,1H3,(H2,9,10). The van der Waals surface area contributed by atoms with E-state index in [1.165, 1.54) is 11.3 Å². The van der Waals surface area contributed by atoms with E-state index in [0.29, 0.717) is 10.4 Å². The number of hydrogen-bond donors (Lipinski definition) is 1. The number of aryl methyl sites for hydroxylation is 1. The molecule has 0 fully saturated rings. The van der Waals surface area contributed by atoms with Crippen molar-refractivity contribution in [2.24, 2.45) is 0 Å². The maximum atomic E-state index is 5.51. The third-order valence-electron chi connectivity index (χ3n) is 1.51. The average molecular weight is 227 g/mol. The van der Waals surface area contributed by atoms with Crippen molar-refractivity contribution in [1.29, 1.82) is 0 Å². The van der Waals surface area contributed by atoms with Gasteiger partial charge in [-0.25, -0.2) is 9.97 Å². The first-order valence-corrected chi connectivity index (χ1v) is 5.79. The number of nitrogen functional groups attached to an aromatic ring is 1. The van der Waals surface area contributed by atoms with Crippen LogP contribution in [0, 0.1) is 6.92 Å². The Balaban J connectivity index is 1.94. The maximum Gasteiger partial charge on any atom is 0.256 e. The summed E-state index contributed by atoms with van der Waals surface area (Å²) < 4.78 is 5.20. The van der Waals surface area contributed by atoms with Crippen LogP contribution in [-0.4, -0.2) is 9.97 Å². The molecule has 0 aliphatic heterocycles.